The standard InChI is InChI=1S/C22H26N2O2/c1-16-6-2-3-7-17(16)9-12-22(25)24-18-10-11-19(24)15-20(14-18)26-21-8-4-5-13-23-21/h2-8,13,18-20H,9-12,14-15H2,1H3. The van der Waals surface area contributed by atoms with E-state index in [1.165, 1.54) is 11.1 Å². The fraction of sp³-hybridized carbons (Fsp3) is 0.455. The van der Waals surface area contributed by atoms with Crippen molar-refractivity contribution in [1.82, 2.24) is 9.88 Å². The number of rotatable bonds is 5. The summed E-state index contributed by atoms with van der Waals surface area (Å²) in [7, 11) is 0. The number of carbonyl (C=O) groups is 1. The largest absolute Gasteiger partial charge is 0.474 e. The van der Waals surface area contributed by atoms with Crippen LogP contribution in [-0.4, -0.2) is 34.0 Å². The third-order valence-electron chi connectivity index (χ3n) is 5.77. The second kappa shape index (κ2) is 7.48. The molecule has 4 nitrogen and oxygen atoms in total. The summed E-state index contributed by atoms with van der Waals surface area (Å²) in [5.41, 5.74) is 2.55. The van der Waals surface area contributed by atoms with Gasteiger partial charge in [-0.1, -0.05) is 30.3 Å². The van der Waals surface area contributed by atoms with Gasteiger partial charge in [-0.3, -0.25) is 4.79 Å². The molecule has 1 aromatic carbocycles. The summed E-state index contributed by atoms with van der Waals surface area (Å²) in [6.45, 7) is 2.12. The first-order valence-electron chi connectivity index (χ1n) is 9.64. The molecule has 0 saturated carbocycles. The molecule has 2 aliphatic rings. The third kappa shape index (κ3) is 3.59. The topological polar surface area (TPSA) is 42.4 Å². The van der Waals surface area contributed by atoms with Crippen LogP contribution in [-0.2, 0) is 11.2 Å². The molecule has 0 spiro atoms. The number of piperidine rings is 1. The molecule has 2 fully saturated rings. The van der Waals surface area contributed by atoms with E-state index < -0.39 is 0 Å². The first-order chi connectivity index (χ1) is 12.7. The normalized spacial score (nSPS) is 24.5. The van der Waals surface area contributed by atoms with Crippen LogP contribution in [0.4, 0.5) is 0 Å². The van der Waals surface area contributed by atoms with Crippen LogP contribution in [0.5, 0.6) is 5.88 Å². The third-order valence-corrected chi connectivity index (χ3v) is 5.77. The van der Waals surface area contributed by atoms with Crippen molar-refractivity contribution < 1.29 is 9.53 Å². The van der Waals surface area contributed by atoms with Gasteiger partial charge in [0.25, 0.3) is 0 Å². The van der Waals surface area contributed by atoms with Crippen LogP contribution in [0.25, 0.3) is 0 Å². The fourth-order valence-electron chi connectivity index (χ4n) is 4.48. The maximum absolute atomic E-state index is 12.9. The molecule has 4 heteroatoms. The molecule has 2 unspecified atom stereocenters. The number of nitrogens with zero attached hydrogens (tertiary/aromatic N) is 2. The highest BCUT2D eigenvalue weighted by Crippen LogP contribution is 2.37. The van der Waals surface area contributed by atoms with Gasteiger partial charge in [-0.05, 0) is 43.4 Å². The van der Waals surface area contributed by atoms with E-state index in [-0.39, 0.29) is 6.10 Å². The Bertz CT molecular complexity index is 748. The van der Waals surface area contributed by atoms with Crippen LogP contribution in [0.3, 0.4) is 0 Å². The van der Waals surface area contributed by atoms with Crippen LogP contribution in [0, 0.1) is 6.92 Å². The van der Waals surface area contributed by atoms with Crippen molar-refractivity contribution in [3.63, 3.8) is 0 Å². The lowest BCUT2D eigenvalue weighted by molar-refractivity contribution is -0.137. The Balaban J connectivity index is 1.35. The molecule has 2 aliphatic heterocycles. The van der Waals surface area contributed by atoms with Gasteiger partial charge in [-0.15, -0.1) is 0 Å². The van der Waals surface area contributed by atoms with Crippen molar-refractivity contribution in [2.24, 2.45) is 0 Å². The Morgan fingerprint density at radius 1 is 1.12 bits per heavy atom. The number of pyridine rings is 1. The van der Waals surface area contributed by atoms with Crippen LogP contribution < -0.4 is 4.74 Å². The van der Waals surface area contributed by atoms with E-state index >= 15 is 0 Å². The number of fused-ring (bicyclic) bond motifs is 2. The summed E-state index contributed by atoms with van der Waals surface area (Å²) >= 11 is 0. The van der Waals surface area contributed by atoms with Crippen molar-refractivity contribution in [3.8, 4) is 5.88 Å². The SMILES string of the molecule is Cc1ccccc1CCC(=O)N1C2CCC1CC(Oc1ccccn1)C2. The summed E-state index contributed by atoms with van der Waals surface area (Å²) in [4.78, 5) is 19.3. The molecule has 2 atom stereocenters. The number of amides is 1. The van der Waals surface area contributed by atoms with Gasteiger partial charge in [0, 0.05) is 43.6 Å². The van der Waals surface area contributed by atoms with Crippen LogP contribution >= 0.6 is 0 Å². The molecule has 0 radical (unpaired) electrons. The van der Waals surface area contributed by atoms with E-state index in [0.717, 1.165) is 32.1 Å². The summed E-state index contributed by atoms with van der Waals surface area (Å²) in [6.07, 6.45) is 7.40. The van der Waals surface area contributed by atoms with Crippen LogP contribution in [0.15, 0.2) is 48.7 Å². The Labute approximate surface area is 155 Å². The lowest BCUT2D eigenvalue weighted by Gasteiger charge is -2.38. The Morgan fingerprint density at radius 3 is 2.54 bits per heavy atom. The van der Waals surface area contributed by atoms with E-state index in [2.05, 4.69) is 35.0 Å². The number of hydrogen-bond donors (Lipinski definition) is 0. The highest BCUT2D eigenvalue weighted by Gasteiger charge is 2.43. The van der Waals surface area contributed by atoms with Crippen molar-refractivity contribution in [2.45, 2.75) is 63.6 Å². The molecule has 1 amide bonds. The number of ether oxygens (including phenoxy) is 1. The number of benzene rings is 1. The fourth-order valence-corrected chi connectivity index (χ4v) is 4.48. The molecule has 0 aliphatic carbocycles. The van der Waals surface area contributed by atoms with Gasteiger partial charge in [0.05, 0.1) is 0 Å². The molecular weight excluding hydrogens is 324 g/mol. The zero-order chi connectivity index (χ0) is 17.9. The molecule has 1 aromatic heterocycles. The molecule has 2 aromatic rings. The molecule has 2 bridgehead atoms. The van der Waals surface area contributed by atoms with Crippen molar-refractivity contribution in [3.05, 3.63) is 59.8 Å². The molecular formula is C22H26N2O2. The van der Waals surface area contributed by atoms with Crippen LogP contribution in [0.2, 0.25) is 0 Å². The number of aryl methyl sites for hydroxylation is 2. The maximum atomic E-state index is 12.9. The number of aromatic nitrogens is 1. The first kappa shape index (κ1) is 17.1. The lowest BCUT2D eigenvalue weighted by atomic mass is 9.98. The first-order valence-corrected chi connectivity index (χ1v) is 9.64. The zero-order valence-electron chi connectivity index (χ0n) is 15.3. The molecule has 0 N–H and O–H groups in total. The minimum atomic E-state index is 0.169. The quantitative estimate of drug-likeness (QED) is 0.821. The van der Waals surface area contributed by atoms with Gasteiger partial charge in [-0.25, -0.2) is 4.98 Å². The van der Waals surface area contributed by atoms with E-state index in [4.69, 9.17) is 4.74 Å². The average molecular weight is 350 g/mol. The van der Waals surface area contributed by atoms with E-state index in [1.54, 1.807) is 6.20 Å². The van der Waals surface area contributed by atoms with E-state index in [1.807, 2.05) is 24.3 Å². The van der Waals surface area contributed by atoms with Crippen molar-refractivity contribution >= 4 is 5.91 Å². The summed E-state index contributed by atoms with van der Waals surface area (Å²) in [5.74, 6) is 0.994. The molecule has 3 heterocycles. The Kier molecular flexibility index (Phi) is 4.91. The van der Waals surface area contributed by atoms with Crippen molar-refractivity contribution in [1.29, 1.82) is 0 Å². The Morgan fingerprint density at radius 2 is 1.85 bits per heavy atom. The van der Waals surface area contributed by atoms with Gasteiger partial charge in [0.15, 0.2) is 0 Å². The molecule has 136 valence electrons. The van der Waals surface area contributed by atoms with E-state index in [0.29, 0.717) is 30.3 Å². The summed E-state index contributed by atoms with van der Waals surface area (Å²) < 4.78 is 6.06. The smallest absolute Gasteiger partial charge is 0.223 e. The highest BCUT2D eigenvalue weighted by atomic mass is 16.5. The van der Waals surface area contributed by atoms with Crippen molar-refractivity contribution in [2.75, 3.05) is 0 Å². The zero-order valence-corrected chi connectivity index (χ0v) is 15.3. The molecule has 4 rings (SSSR count). The minimum absolute atomic E-state index is 0.169. The lowest BCUT2D eigenvalue weighted by Crippen LogP contribution is -2.49. The molecule has 26 heavy (non-hydrogen) atoms. The highest BCUT2D eigenvalue weighted by molar-refractivity contribution is 5.77. The van der Waals surface area contributed by atoms with Gasteiger partial charge in [0.2, 0.25) is 11.8 Å². The van der Waals surface area contributed by atoms with Crippen LogP contribution in [0.1, 0.15) is 43.2 Å². The predicted octanol–water partition coefficient (Wildman–Crippen LogP) is 3.92. The van der Waals surface area contributed by atoms with Gasteiger partial charge in [-0.2, -0.15) is 0 Å². The summed E-state index contributed by atoms with van der Waals surface area (Å²) in [6, 6.07) is 14.7. The van der Waals surface area contributed by atoms with Gasteiger partial charge in [0.1, 0.15) is 6.10 Å². The average Bonchev–Trinajstić information content (AvgIpc) is 2.93. The minimum Gasteiger partial charge on any atom is -0.474 e. The second-order valence-electron chi connectivity index (χ2n) is 7.49. The number of carbonyl (C=O) groups excluding carboxylic acids is 1. The van der Waals surface area contributed by atoms with E-state index in [9.17, 15) is 4.79 Å². The van der Waals surface area contributed by atoms with Gasteiger partial charge >= 0.3 is 0 Å². The molecule has 2 saturated heterocycles. The van der Waals surface area contributed by atoms with Gasteiger partial charge < -0.3 is 9.64 Å². The Hall–Kier alpha value is -2.36. The number of hydrogen-bond acceptors (Lipinski definition) is 3. The second-order valence-corrected chi connectivity index (χ2v) is 7.49. The predicted molar refractivity (Wildman–Crippen MR) is 101 cm³/mol. The summed E-state index contributed by atoms with van der Waals surface area (Å²) in [5, 5.41) is 0. The maximum Gasteiger partial charge on any atom is 0.223 e. The monoisotopic (exact) mass is 350 g/mol.